The summed E-state index contributed by atoms with van der Waals surface area (Å²) >= 11 is 1.52. The van der Waals surface area contributed by atoms with Gasteiger partial charge in [0.15, 0.2) is 11.5 Å². The second-order valence-electron chi connectivity index (χ2n) is 4.72. The van der Waals surface area contributed by atoms with Gasteiger partial charge < -0.3 is 14.4 Å². The molecule has 0 aliphatic rings. The minimum absolute atomic E-state index is 0.0355. The second kappa shape index (κ2) is 7.10. The Kier molecular flexibility index (Phi) is 5.17. The summed E-state index contributed by atoms with van der Waals surface area (Å²) < 4.78 is 10.2. The first-order chi connectivity index (χ1) is 11.0. The number of methoxy groups -OCH3 is 2. The molecule has 8 heteroatoms. The van der Waals surface area contributed by atoms with Crippen molar-refractivity contribution in [2.24, 2.45) is 0 Å². The summed E-state index contributed by atoms with van der Waals surface area (Å²) in [5.74, 6) is 0.0219. The largest absolute Gasteiger partial charge is 0.493 e. The third kappa shape index (κ3) is 3.59. The van der Waals surface area contributed by atoms with Crippen LogP contribution in [-0.2, 0) is 6.54 Å². The lowest BCUT2D eigenvalue weighted by molar-refractivity contribution is -0.385. The van der Waals surface area contributed by atoms with Gasteiger partial charge in [-0.05, 0) is 11.4 Å². The fourth-order valence-corrected chi connectivity index (χ4v) is 2.86. The Labute approximate surface area is 137 Å². The number of ether oxygens (including phenoxy) is 2. The maximum Gasteiger partial charge on any atom is 0.286 e. The van der Waals surface area contributed by atoms with Gasteiger partial charge in [0.2, 0.25) is 0 Å². The number of thiophene rings is 1. The number of amides is 1. The third-order valence-corrected chi connectivity index (χ3v) is 4.11. The van der Waals surface area contributed by atoms with Gasteiger partial charge in [0.1, 0.15) is 5.56 Å². The number of rotatable bonds is 6. The van der Waals surface area contributed by atoms with Crippen LogP contribution < -0.4 is 9.47 Å². The van der Waals surface area contributed by atoms with Crippen LogP contribution in [0.25, 0.3) is 0 Å². The summed E-state index contributed by atoms with van der Waals surface area (Å²) in [6, 6.07) is 6.32. The highest BCUT2D eigenvalue weighted by Crippen LogP contribution is 2.35. The molecule has 122 valence electrons. The van der Waals surface area contributed by atoms with Crippen LogP contribution in [0.3, 0.4) is 0 Å². The molecule has 0 aliphatic heterocycles. The van der Waals surface area contributed by atoms with E-state index in [0.717, 1.165) is 4.88 Å². The number of hydrogen-bond donors (Lipinski definition) is 0. The zero-order chi connectivity index (χ0) is 17.0. The van der Waals surface area contributed by atoms with Crippen LogP contribution in [0, 0.1) is 10.1 Å². The molecular weight excluding hydrogens is 320 g/mol. The molecular formula is C15H16N2O5S. The first-order valence-corrected chi connectivity index (χ1v) is 7.54. The van der Waals surface area contributed by atoms with Gasteiger partial charge >= 0.3 is 0 Å². The Morgan fingerprint density at radius 3 is 2.48 bits per heavy atom. The zero-order valence-corrected chi connectivity index (χ0v) is 13.8. The van der Waals surface area contributed by atoms with E-state index in [1.165, 1.54) is 42.6 Å². The van der Waals surface area contributed by atoms with E-state index >= 15 is 0 Å². The molecule has 23 heavy (non-hydrogen) atoms. The number of carbonyl (C=O) groups excluding carboxylic acids is 1. The van der Waals surface area contributed by atoms with Crippen LogP contribution in [0.2, 0.25) is 0 Å². The van der Waals surface area contributed by atoms with Crippen molar-refractivity contribution in [2.45, 2.75) is 6.54 Å². The number of nitro groups is 1. The van der Waals surface area contributed by atoms with E-state index in [-0.39, 0.29) is 22.7 Å². The van der Waals surface area contributed by atoms with Crippen molar-refractivity contribution in [3.05, 3.63) is 50.2 Å². The van der Waals surface area contributed by atoms with Gasteiger partial charge in [-0.1, -0.05) is 6.07 Å². The summed E-state index contributed by atoms with van der Waals surface area (Å²) in [6.45, 7) is 0.377. The van der Waals surface area contributed by atoms with E-state index in [2.05, 4.69) is 0 Å². The summed E-state index contributed by atoms with van der Waals surface area (Å²) in [4.78, 5) is 25.7. The molecule has 0 atom stereocenters. The minimum Gasteiger partial charge on any atom is -0.493 e. The smallest absolute Gasteiger partial charge is 0.286 e. The van der Waals surface area contributed by atoms with E-state index in [0.29, 0.717) is 6.54 Å². The lowest BCUT2D eigenvalue weighted by Crippen LogP contribution is -2.26. The zero-order valence-electron chi connectivity index (χ0n) is 12.9. The normalized spacial score (nSPS) is 10.2. The minimum atomic E-state index is -0.603. The summed E-state index contributed by atoms with van der Waals surface area (Å²) in [5, 5.41) is 13.2. The molecule has 7 nitrogen and oxygen atoms in total. The van der Waals surface area contributed by atoms with Crippen LogP contribution in [0.5, 0.6) is 11.5 Å². The van der Waals surface area contributed by atoms with E-state index < -0.39 is 10.8 Å². The van der Waals surface area contributed by atoms with Gasteiger partial charge in [-0.15, -0.1) is 11.3 Å². The molecule has 0 aliphatic carbocycles. The van der Waals surface area contributed by atoms with Crippen LogP contribution in [0.1, 0.15) is 15.2 Å². The van der Waals surface area contributed by atoms with Gasteiger partial charge in [0, 0.05) is 18.0 Å². The molecule has 0 fully saturated rings. The summed E-state index contributed by atoms with van der Waals surface area (Å²) in [5.41, 5.74) is -0.350. The highest BCUT2D eigenvalue weighted by atomic mass is 32.1. The lowest BCUT2D eigenvalue weighted by atomic mass is 10.1. The molecule has 1 aromatic carbocycles. The molecule has 0 saturated heterocycles. The Morgan fingerprint density at radius 2 is 1.96 bits per heavy atom. The Bertz CT molecular complexity index is 715. The predicted molar refractivity (Wildman–Crippen MR) is 86.3 cm³/mol. The predicted octanol–water partition coefficient (Wildman–Crippen LogP) is 2.95. The van der Waals surface area contributed by atoms with E-state index in [1.807, 2.05) is 17.5 Å². The summed E-state index contributed by atoms with van der Waals surface area (Å²) in [6.07, 6.45) is 0. The van der Waals surface area contributed by atoms with Crippen molar-refractivity contribution < 1.29 is 19.2 Å². The quantitative estimate of drug-likeness (QED) is 0.598. The average molecular weight is 336 g/mol. The Balaban J connectivity index is 2.39. The van der Waals surface area contributed by atoms with Crippen molar-refractivity contribution in [2.75, 3.05) is 21.3 Å². The maximum absolute atomic E-state index is 12.6. The highest BCUT2D eigenvalue weighted by Gasteiger charge is 2.26. The molecule has 0 bridgehead atoms. The van der Waals surface area contributed by atoms with Crippen molar-refractivity contribution in [1.29, 1.82) is 0 Å². The molecule has 0 N–H and O–H groups in total. The van der Waals surface area contributed by atoms with Gasteiger partial charge in [-0.25, -0.2) is 0 Å². The van der Waals surface area contributed by atoms with Gasteiger partial charge in [-0.2, -0.15) is 0 Å². The van der Waals surface area contributed by atoms with Crippen molar-refractivity contribution in [3.8, 4) is 11.5 Å². The van der Waals surface area contributed by atoms with Gasteiger partial charge in [0.25, 0.3) is 11.6 Å². The number of carbonyl (C=O) groups is 1. The third-order valence-electron chi connectivity index (χ3n) is 3.25. The average Bonchev–Trinajstić information content (AvgIpc) is 3.05. The van der Waals surface area contributed by atoms with Crippen LogP contribution >= 0.6 is 11.3 Å². The van der Waals surface area contributed by atoms with E-state index in [9.17, 15) is 14.9 Å². The van der Waals surface area contributed by atoms with Crippen molar-refractivity contribution in [1.82, 2.24) is 4.90 Å². The van der Waals surface area contributed by atoms with Gasteiger partial charge in [-0.3, -0.25) is 14.9 Å². The number of nitrogens with zero attached hydrogens (tertiary/aromatic N) is 2. The standard InChI is InChI=1S/C15H16N2O5S/c1-16(9-10-5-4-6-23-10)15(18)11-7-13(21-2)14(22-3)8-12(11)17(19)20/h4-8H,9H2,1-3H3. The van der Waals surface area contributed by atoms with Crippen molar-refractivity contribution in [3.63, 3.8) is 0 Å². The fourth-order valence-electron chi connectivity index (χ4n) is 2.10. The Morgan fingerprint density at radius 1 is 1.30 bits per heavy atom. The second-order valence-corrected chi connectivity index (χ2v) is 5.75. The SMILES string of the molecule is COc1cc(C(=O)N(C)Cc2cccs2)c([N+](=O)[O-])cc1OC. The van der Waals surface area contributed by atoms with Crippen LogP contribution in [0.15, 0.2) is 29.6 Å². The van der Waals surface area contributed by atoms with E-state index in [1.54, 1.807) is 7.05 Å². The Hall–Kier alpha value is -2.61. The highest BCUT2D eigenvalue weighted by molar-refractivity contribution is 7.09. The molecule has 2 rings (SSSR count). The molecule has 0 radical (unpaired) electrons. The lowest BCUT2D eigenvalue weighted by Gasteiger charge is -2.17. The molecule has 0 spiro atoms. The fraction of sp³-hybridized carbons (Fsp3) is 0.267. The maximum atomic E-state index is 12.6. The van der Waals surface area contributed by atoms with Crippen LogP contribution in [-0.4, -0.2) is 37.0 Å². The topological polar surface area (TPSA) is 81.9 Å². The van der Waals surface area contributed by atoms with Gasteiger partial charge in [0.05, 0.1) is 31.8 Å². The molecule has 1 amide bonds. The van der Waals surface area contributed by atoms with E-state index in [4.69, 9.17) is 9.47 Å². The number of benzene rings is 1. The summed E-state index contributed by atoms with van der Waals surface area (Å²) in [7, 11) is 4.39. The molecule has 1 heterocycles. The monoisotopic (exact) mass is 336 g/mol. The van der Waals surface area contributed by atoms with Crippen LogP contribution in [0.4, 0.5) is 5.69 Å². The molecule has 2 aromatic rings. The number of hydrogen-bond acceptors (Lipinski definition) is 6. The van der Waals surface area contributed by atoms with Crippen molar-refractivity contribution >= 4 is 22.9 Å². The number of nitro benzene ring substituents is 1. The first kappa shape index (κ1) is 16.8. The molecule has 0 unspecified atom stereocenters. The first-order valence-electron chi connectivity index (χ1n) is 6.66. The molecule has 0 saturated carbocycles. The molecule has 1 aromatic heterocycles.